The van der Waals surface area contributed by atoms with Crippen LogP contribution in [0.15, 0.2) is 41.3 Å². The Morgan fingerprint density at radius 1 is 1.25 bits per heavy atom. The lowest BCUT2D eigenvalue weighted by atomic mass is 9.91. The van der Waals surface area contributed by atoms with Crippen LogP contribution >= 0.6 is 0 Å². The van der Waals surface area contributed by atoms with Gasteiger partial charge in [-0.3, -0.25) is 9.69 Å². The number of hydrogen-bond donors (Lipinski definition) is 1. The molecule has 1 saturated heterocycles. The van der Waals surface area contributed by atoms with E-state index < -0.39 is 0 Å². The van der Waals surface area contributed by atoms with Gasteiger partial charge in [0.25, 0.3) is 0 Å². The van der Waals surface area contributed by atoms with Crippen molar-refractivity contribution in [1.82, 2.24) is 25.3 Å². The number of carbonyl (C=O) groups excluding carboxylic acids is 1. The van der Waals surface area contributed by atoms with E-state index in [0.717, 1.165) is 59.9 Å². The first-order valence-corrected chi connectivity index (χ1v) is 10.8. The van der Waals surface area contributed by atoms with E-state index in [1.807, 2.05) is 31.2 Å². The molecule has 1 fully saturated rings. The monoisotopic (exact) mass is 435 g/mol. The van der Waals surface area contributed by atoms with Crippen LogP contribution in [0.4, 0.5) is 0 Å². The molecule has 166 valence electrons. The average Bonchev–Trinajstić information content (AvgIpc) is 3.46. The van der Waals surface area contributed by atoms with E-state index in [2.05, 4.69) is 25.3 Å². The lowest BCUT2D eigenvalue weighted by Gasteiger charge is -2.32. The molecule has 1 aromatic carbocycles. The zero-order valence-corrected chi connectivity index (χ0v) is 17.9. The number of hydrogen-bond acceptors (Lipinski definition) is 8. The van der Waals surface area contributed by atoms with Crippen LogP contribution in [0.2, 0.25) is 0 Å². The Kier molecular flexibility index (Phi) is 5.72. The first-order valence-electron chi connectivity index (χ1n) is 10.8. The summed E-state index contributed by atoms with van der Waals surface area (Å²) in [5.74, 6) is 2.34. The van der Waals surface area contributed by atoms with Crippen molar-refractivity contribution < 1.29 is 18.8 Å². The van der Waals surface area contributed by atoms with Crippen molar-refractivity contribution >= 4 is 5.91 Å². The van der Waals surface area contributed by atoms with Gasteiger partial charge < -0.3 is 19.3 Å². The summed E-state index contributed by atoms with van der Waals surface area (Å²) in [6.07, 6.45) is 5.35. The number of aromatic nitrogens is 3. The van der Waals surface area contributed by atoms with Crippen molar-refractivity contribution in [1.29, 1.82) is 0 Å². The number of rotatable bonds is 6. The van der Waals surface area contributed by atoms with Crippen molar-refractivity contribution in [3.63, 3.8) is 0 Å². The molecule has 2 aliphatic rings. The summed E-state index contributed by atoms with van der Waals surface area (Å²) < 4.78 is 16.2. The van der Waals surface area contributed by atoms with Gasteiger partial charge in [-0.05, 0) is 44.0 Å². The third-order valence-electron chi connectivity index (χ3n) is 5.82. The van der Waals surface area contributed by atoms with Gasteiger partial charge in [-0.15, -0.1) is 0 Å². The summed E-state index contributed by atoms with van der Waals surface area (Å²) >= 11 is 0. The van der Waals surface area contributed by atoms with E-state index in [1.54, 1.807) is 12.5 Å². The summed E-state index contributed by atoms with van der Waals surface area (Å²) in [6, 6.07) is 7.61. The smallest absolute Gasteiger partial charge is 0.234 e. The number of nitrogens with zero attached hydrogens (tertiary/aromatic N) is 4. The van der Waals surface area contributed by atoms with Gasteiger partial charge in [-0.2, -0.15) is 0 Å². The third-order valence-corrected chi connectivity index (χ3v) is 5.82. The minimum Gasteiger partial charge on any atom is -0.454 e. The van der Waals surface area contributed by atoms with Crippen LogP contribution < -0.4 is 14.8 Å². The van der Waals surface area contributed by atoms with Gasteiger partial charge in [0.1, 0.15) is 6.33 Å². The Morgan fingerprint density at radius 3 is 3.03 bits per heavy atom. The zero-order chi connectivity index (χ0) is 21.9. The molecule has 3 aromatic rings. The second-order valence-corrected chi connectivity index (χ2v) is 8.19. The second kappa shape index (κ2) is 8.96. The fourth-order valence-corrected chi connectivity index (χ4v) is 4.28. The number of carbonyl (C=O) groups is 1. The van der Waals surface area contributed by atoms with Crippen LogP contribution in [-0.4, -0.2) is 52.4 Å². The largest absolute Gasteiger partial charge is 0.454 e. The highest BCUT2D eigenvalue weighted by molar-refractivity contribution is 5.78. The van der Waals surface area contributed by atoms with E-state index in [9.17, 15) is 4.79 Å². The van der Waals surface area contributed by atoms with Gasteiger partial charge in [-0.25, -0.2) is 9.97 Å². The molecule has 32 heavy (non-hydrogen) atoms. The minimum absolute atomic E-state index is 0.00270. The average molecular weight is 435 g/mol. The van der Waals surface area contributed by atoms with Crippen molar-refractivity contribution in [2.24, 2.45) is 0 Å². The topological polar surface area (TPSA) is 103 Å². The molecular weight excluding hydrogens is 410 g/mol. The standard InChI is InChI=1S/C23H25N5O4/c1-15-7-20(32-27-15)18-10-24-13-26-23(18)17-3-2-6-28(11-17)12-22(29)25-9-16-4-5-19-21(8-16)31-14-30-19/h4-5,7-8,10,13,17H,2-3,6,9,11-12,14H2,1H3,(H,25,29)/t17-/m1/s1. The lowest BCUT2D eigenvalue weighted by Crippen LogP contribution is -2.42. The summed E-state index contributed by atoms with van der Waals surface area (Å²) in [6.45, 7) is 4.58. The SMILES string of the molecule is Cc1cc(-c2cncnc2[C@@H]2CCCN(CC(=O)NCc3ccc4c(c3)OCO4)C2)on1. The molecule has 0 spiro atoms. The summed E-state index contributed by atoms with van der Waals surface area (Å²) in [5, 5.41) is 7.00. The molecule has 9 nitrogen and oxygen atoms in total. The zero-order valence-electron chi connectivity index (χ0n) is 17.9. The quantitative estimate of drug-likeness (QED) is 0.630. The molecule has 2 aromatic heterocycles. The van der Waals surface area contributed by atoms with E-state index in [4.69, 9.17) is 14.0 Å². The molecule has 0 bridgehead atoms. The molecule has 0 aliphatic carbocycles. The Morgan fingerprint density at radius 2 is 2.16 bits per heavy atom. The fourth-order valence-electron chi connectivity index (χ4n) is 4.28. The number of nitrogens with one attached hydrogen (secondary N) is 1. The van der Waals surface area contributed by atoms with Crippen molar-refractivity contribution in [3.05, 3.63) is 53.7 Å². The summed E-state index contributed by atoms with van der Waals surface area (Å²) in [5.41, 5.74) is 3.61. The van der Waals surface area contributed by atoms with Gasteiger partial charge in [0, 0.05) is 31.3 Å². The maximum absolute atomic E-state index is 12.6. The third kappa shape index (κ3) is 4.43. The van der Waals surface area contributed by atoms with Gasteiger partial charge in [-0.1, -0.05) is 11.2 Å². The highest BCUT2D eigenvalue weighted by Crippen LogP contribution is 2.33. The van der Waals surface area contributed by atoms with E-state index >= 15 is 0 Å². The molecule has 1 atom stereocenters. The van der Waals surface area contributed by atoms with Crippen molar-refractivity contribution in [3.8, 4) is 22.8 Å². The van der Waals surface area contributed by atoms with Gasteiger partial charge in [0.05, 0.1) is 23.5 Å². The highest BCUT2D eigenvalue weighted by atomic mass is 16.7. The van der Waals surface area contributed by atoms with Gasteiger partial charge in [0.2, 0.25) is 12.7 Å². The molecule has 0 unspecified atom stereocenters. The van der Waals surface area contributed by atoms with E-state index in [0.29, 0.717) is 18.8 Å². The van der Waals surface area contributed by atoms with Crippen LogP contribution in [0.3, 0.4) is 0 Å². The van der Waals surface area contributed by atoms with Crippen molar-refractivity contribution in [2.45, 2.75) is 32.2 Å². The molecule has 5 rings (SSSR count). The molecule has 2 aliphatic heterocycles. The maximum Gasteiger partial charge on any atom is 0.234 e. The number of aryl methyl sites for hydroxylation is 1. The Labute approximate surface area is 185 Å². The fraction of sp³-hybridized carbons (Fsp3) is 0.391. The highest BCUT2D eigenvalue weighted by Gasteiger charge is 2.27. The number of piperidine rings is 1. The molecule has 9 heteroatoms. The van der Waals surface area contributed by atoms with Crippen LogP contribution in [0.5, 0.6) is 11.5 Å². The number of ether oxygens (including phenoxy) is 2. The van der Waals surface area contributed by atoms with Crippen LogP contribution in [0.25, 0.3) is 11.3 Å². The Hall–Kier alpha value is -3.46. The molecular formula is C23H25N5O4. The van der Waals surface area contributed by atoms with Crippen LogP contribution in [0, 0.1) is 6.92 Å². The first kappa shape index (κ1) is 20.4. The van der Waals surface area contributed by atoms with Crippen molar-refractivity contribution in [2.75, 3.05) is 26.4 Å². The number of fused-ring (bicyclic) bond motifs is 1. The van der Waals surface area contributed by atoms with E-state index in [1.165, 1.54) is 0 Å². The molecule has 4 heterocycles. The maximum atomic E-state index is 12.6. The molecule has 0 saturated carbocycles. The normalized spacial score (nSPS) is 18.0. The second-order valence-electron chi connectivity index (χ2n) is 8.19. The van der Waals surface area contributed by atoms with Gasteiger partial charge >= 0.3 is 0 Å². The Bertz CT molecular complexity index is 1120. The summed E-state index contributed by atoms with van der Waals surface area (Å²) in [4.78, 5) is 23.5. The number of likely N-dealkylation sites (tertiary alicyclic amines) is 1. The number of amides is 1. The minimum atomic E-state index is -0.00270. The number of benzene rings is 1. The molecule has 1 N–H and O–H groups in total. The predicted molar refractivity (Wildman–Crippen MR) is 115 cm³/mol. The summed E-state index contributed by atoms with van der Waals surface area (Å²) in [7, 11) is 0. The van der Waals surface area contributed by atoms with E-state index in [-0.39, 0.29) is 18.6 Å². The molecule has 0 radical (unpaired) electrons. The van der Waals surface area contributed by atoms with Crippen LogP contribution in [-0.2, 0) is 11.3 Å². The van der Waals surface area contributed by atoms with Crippen LogP contribution in [0.1, 0.15) is 35.7 Å². The lowest BCUT2D eigenvalue weighted by molar-refractivity contribution is -0.122. The molecule has 1 amide bonds. The Balaban J connectivity index is 1.20. The van der Waals surface area contributed by atoms with Gasteiger partial charge in [0.15, 0.2) is 17.3 Å². The predicted octanol–water partition coefficient (Wildman–Crippen LogP) is 2.66. The first-order chi connectivity index (χ1) is 15.7.